The summed E-state index contributed by atoms with van der Waals surface area (Å²) < 4.78 is 10.7. The SMILES string of the molecule is COc1ccc(CC2c3ccccc3CN(C(=O)OC(C)(C)C)C2C(=O)O)cc1. The van der Waals surface area contributed by atoms with Crippen molar-refractivity contribution in [3.8, 4) is 5.75 Å². The molecule has 2 atom stereocenters. The Hall–Kier alpha value is -3.02. The number of carbonyl (C=O) groups excluding carboxylic acids is 1. The van der Waals surface area contributed by atoms with Gasteiger partial charge in [0.1, 0.15) is 17.4 Å². The van der Waals surface area contributed by atoms with E-state index in [0.717, 1.165) is 22.4 Å². The first-order valence-electron chi connectivity index (χ1n) is 9.63. The van der Waals surface area contributed by atoms with Crippen LogP contribution in [0.25, 0.3) is 0 Å². The van der Waals surface area contributed by atoms with Crippen LogP contribution in [0.2, 0.25) is 0 Å². The van der Waals surface area contributed by atoms with Crippen LogP contribution in [0.4, 0.5) is 4.79 Å². The summed E-state index contributed by atoms with van der Waals surface area (Å²) in [5.74, 6) is -0.690. The zero-order valence-electron chi connectivity index (χ0n) is 17.2. The zero-order valence-corrected chi connectivity index (χ0v) is 17.2. The van der Waals surface area contributed by atoms with Gasteiger partial charge in [-0.05, 0) is 56.0 Å². The van der Waals surface area contributed by atoms with Gasteiger partial charge >= 0.3 is 12.1 Å². The van der Waals surface area contributed by atoms with Gasteiger partial charge in [-0.1, -0.05) is 36.4 Å². The van der Waals surface area contributed by atoms with Crippen molar-refractivity contribution < 1.29 is 24.2 Å². The number of amides is 1. The normalized spacial score (nSPS) is 18.7. The van der Waals surface area contributed by atoms with Crippen LogP contribution in [-0.4, -0.2) is 40.8 Å². The molecule has 1 aliphatic heterocycles. The summed E-state index contributed by atoms with van der Waals surface area (Å²) in [6, 6.07) is 14.2. The van der Waals surface area contributed by atoms with E-state index in [1.54, 1.807) is 27.9 Å². The van der Waals surface area contributed by atoms with E-state index in [4.69, 9.17) is 9.47 Å². The third-order valence-corrected chi connectivity index (χ3v) is 5.01. The van der Waals surface area contributed by atoms with Crippen molar-refractivity contribution in [1.82, 2.24) is 4.90 Å². The number of hydrogen-bond donors (Lipinski definition) is 1. The third kappa shape index (κ3) is 4.70. The maximum atomic E-state index is 12.8. The lowest BCUT2D eigenvalue weighted by Gasteiger charge is -2.40. The fourth-order valence-electron chi connectivity index (χ4n) is 3.75. The molecule has 3 rings (SSSR count). The molecule has 0 bridgehead atoms. The van der Waals surface area contributed by atoms with Gasteiger partial charge in [0.25, 0.3) is 0 Å². The van der Waals surface area contributed by atoms with Crippen molar-refractivity contribution >= 4 is 12.1 Å². The van der Waals surface area contributed by atoms with Crippen LogP contribution in [0, 0.1) is 0 Å². The highest BCUT2D eigenvalue weighted by Gasteiger charge is 2.43. The predicted molar refractivity (Wildman–Crippen MR) is 109 cm³/mol. The molecule has 2 aromatic carbocycles. The maximum absolute atomic E-state index is 12.8. The van der Waals surface area contributed by atoms with E-state index in [1.807, 2.05) is 48.5 Å². The van der Waals surface area contributed by atoms with Crippen molar-refractivity contribution in [2.75, 3.05) is 7.11 Å². The molecular formula is C23H27NO5. The van der Waals surface area contributed by atoms with Crippen LogP contribution >= 0.6 is 0 Å². The molecule has 0 saturated carbocycles. The van der Waals surface area contributed by atoms with Crippen LogP contribution in [0.5, 0.6) is 5.75 Å². The Labute approximate surface area is 171 Å². The molecule has 1 heterocycles. The number of carbonyl (C=O) groups is 2. The summed E-state index contributed by atoms with van der Waals surface area (Å²) in [7, 11) is 1.60. The van der Waals surface area contributed by atoms with Crippen molar-refractivity contribution in [2.24, 2.45) is 0 Å². The number of rotatable bonds is 4. The fraction of sp³-hybridized carbons (Fsp3) is 0.391. The molecule has 0 radical (unpaired) electrons. The minimum atomic E-state index is -1.04. The quantitative estimate of drug-likeness (QED) is 0.836. The van der Waals surface area contributed by atoms with Crippen LogP contribution < -0.4 is 4.74 Å². The summed E-state index contributed by atoms with van der Waals surface area (Å²) in [5.41, 5.74) is 2.16. The molecule has 6 nitrogen and oxygen atoms in total. The van der Waals surface area contributed by atoms with Gasteiger partial charge in [0, 0.05) is 5.92 Å². The lowest BCUT2D eigenvalue weighted by atomic mass is 9.79. The summed E-state index contributed by atoms with van der Waals surface area (Å²) in [6.07, 6.45) is -0.129. The predicted octanol–water partition coefficient (Wildman–Crippen LogP) is 4.23. The van der Waals surface area contributed by atoms with E-state index in [0.29, 0.717) is 6.42 Å². The molecule has 1 aliphatic rings. The highest BCUT2D eigenvalue weighted by atomic mass is 16.6. The van der Waals surface area contributed by atoms with E-state index in [-0.39, 0.29) is 6.54 Å². The Bertz CT molecular complexity index is 885. The van der Waals surface area contributed by atoms with E-state index in [1.165, 1.54) is 4.90 Å². The molecule has 2 aromatic rings. The number of ether oxygens (including phenoxy) is 2. The summed E-state index contributed by atoms with van der Waals surface area (Å²) in [5, 5.41) is 10.0. The van der Waals surface area contributed by atoms with Gasteiger partial charge in [0.2, 0.25) is 0 Å². The molecule has 1 amide bonds. The maximum Gasteiger partial charge on any atom is 0.411 e. The molecule has 0 saturated heterocycles. The highest BCUT2D eigenvalue weighted by molar-refractivity contribution is 5.82. The summed E-state index contributed by atoms with van der Waals surface area (Å²) in [6.45, 7) is 5.52. The van der Waals surface area contributed by atoms with Crippen molar-refractivity contribution in [3.05, 3.63) is 65.2 Å². The topological polar surface area (TPSA) is 76.1 Å². The molecule has 6 heteroatoms. The standard InChI is InChI=1S/C23H27NO5/c1-23(2,3)29-22(27)24-14-16-7-5-6-8-18(16)19(20(24)21(25)26)13-15-9-11-17(28-4)12-10-15/h5-12,19-20H,13-14H2,1-4H3,(H,25,26). The number of hydrogen-bond acceptors (Lipinski definition) is 4. The molecule has 154 valence electrons. The number of methoxy groups -OCH3 is 1. The number of benzene rings is 2. The first-order valence-corrected chi connectivity index (χ1v) is 9.63. The molecule has 29 heavy (non-hydrogen) atoms. The Morgan fingerprint density at radius 2 is 1.76 bits per heavy atom. The molecule has 2 unspecified atom stereocenters. The second-order valence-electron chi connectivity index (χ2n) is 8.25. The van der Waals surface area contributed by atoms with Crippen molar-refractivity contribution in [3.63, 3.8) is 0 Å². The van der Waals surface area contributed by atoms with Crippen LogP contribution in [0.1, 0.15) is 43.4 Å². The fourth-order valence-corrected chi connectivity index (χ4v) is 3.75. The second-order valence-corrected chi connectivity index (χ2v) is 8.25. The van der Waals surface area contributed by atoms with E-state index >= 15 is 0 Å². The molecular weight excluding hydrogens is 370 g/mol. The summed E-state index contributed by atoms with van der Waals surface area (Å²) >= 11 is 0. The Morgan fingerprint density at radius 1 is 1.10 bits per heavy atom. The Kier molecular flexibility index (Phi) is 5.82. The molecule has 0 aromatic heterocycles. The van der Waals surface area contributed by atoms with Gasteiger partial charge in [-0.3, -0.25) is 4.90 Å². The number of aliphatic carboxylic acids is 1. The van der Waals surface area contributed by atoms with Crippen molar-refractivity contribution in [2.45, 2.75) is 51.3 Å². The number of carboxylic acid groups (broad SMARTS) is 1. The smallest absolute Gasteiger partial charge is 0.411 e. The molecule has 0 aliphatic carbocycles. The Morgan fingerprint density at radius 3 is 2.34 bits per heavy atom. The van der Waals surface area contributed by atoms with Gasteiger partial charge in [-0.25, -0.2) is 9.59 Å². The lowest BCUT2D eigenvalue weighted by Crippen LogP contribution is -2.52. The first kappa shape index (κ1) is 20.7. The molecule has 0 fully saturated rings. The number of carboxylic acids is 1. The van der Waals surface area contributed by atoms with Gasteiger partial charge in [-0.2, -0.15) is 0 Å². The van der Waals surface area contributed by atoms with Crippen LogP contribution in [0.3, 0.4) is 0 Å². The largest absolute Gasteiger partial charge is 0.497 e. The van der Waals surface area contributed by atoms with E-state index < -0.39 is 29.6 Å². The lowest BCUT2D eigenvalue weighted by molar-refractivity contribution is -0.144. The van der Waals surface area contributed by atoms with Gasteiger partial charge < -0.3 is 14.6 Å². The number of nitrogens with zero attached hydrogens (tertiary/aromatic N) is 1. The first-order chi connectivity index (χ1) is 13.7. The second kappa shape index (κ2) is 8.15. The third-order valence-electron chi connectivity index (χ3n) is 5.01. The summed E-state index contributed by atoms with van der Waals surface area (Å²) in [4.78, 5) is 26.5. The molecule has 1 N–H and O–H groups in total. The molecule has 0 spiro atoms. The van der Waals surface area contributed by atoms with E-state index in [2.05, 4.69) is 0 Å². The van der Waals surface area contributed by atoms with Crippen molar-refractivity contribution in [1.29, 1.82) is 0 Å². The van der Waals surface area contributed by atoms with Crippen LogP contribution in [-0.2, 0) is 22.5 Å². The van der Waals surface area contributed by atoms with Gasteiger partial charge in [-0.15, -0.1) is 0 Å². The zero-order chi connectivity index (χ0) is 21.2. The van der Waals surface area contributed by atoms with Gasteiger partial charge in [0.15, 0.2) is 0 Å². The number of fused-ring (bicyclic) bond motifs is 1. The van der Waals surface area contributed by atoms with E-state index in [9.17, 15) is 14.7 Å². The minimum Gasteiger partial charge on any atom is -0.497 e. The highest BCUT2D eigenvalue weighted by Crippen LogP contribution is 2.37. The average Bonchev–Trinajstić information content (AvgIpc) is 2.66. The Balaban J connectivity index is 2.00. The van der Waals surface area contributed by atoms with Gasteiger partial charge in [0.05, 0.1) is 13.7 Å². The minimum absolute atomic E-state index is 0.209. The monoisotopic (exact) mass is 397 g/mol. The van der Waals surface area contributed by atoms with Crippen LogP contribution in [0.15, 0.2) is 48.5 Å². The average molecular weight is 397 g/mol.